The van der Waals surface area contributed by atoms with Gasteiger partial charge in [0, 0.05) is 16.9 Å². The molecule has 1 heterocycles. The highest BCUT2D eigenvalue weighted by Crippen LogP contribution is 2.46. The summed E-state index contributed by atoms with van der Waals surface area (Å²) < 4.78 is 29.1. The average Bonchev–Trinajstić information content (AvgIpc) is 2.82. The summed E-state index contributed by atoms with van der Waals surface area (Å²) in [6.07, 6.45) is 0. The van der Waals surface area contributed by atoms with Gasteiger partial charge in [0.25, 0.3) is 10.0 Å². The number of sulfonamides is 1. The number of halogens is 1. The molecule has 4 rings (SSSR count). The first kappa shape index (κ1) is 25.7. The molecule has 0 fully saturated rings. The fourth-order valence-corrected chi connectivity index (χ4v) is 5.38. The minimum absolute atomic E-state index is 0.0711. The van der Waals surface area contributed by atoms with Gasteiger partial charge >= 0.3 is 0 Å². The third kappa shape index (κ3) is 4.83. The van der Waals surface area contributed by atoms with Crippen LogP contribution in [0.1, 0.15) is 56.1 Å². The maximum Gasteiger partial charge on any atom is 0.261 e. The number of hydrogen-bond acceptors (Lipinski definition) is 6. The first-order valence-electron chi connectivity index (χ1n) is 11.4. The van der Waals surface area contributed by atoms with Gasteiger partial charge in [0.2, 0.25) is 0 Å². The molecule has 7 nitrogen and oxygen atoms in total. The highest BCUT2D eigenvalue weighted by molar-refractivity contribution is 7.92. The van der Waals surface area contributed by atoms with E-state index < -0.39 is 15.9 Å². The van der Waals surface area contributed by atoms with Crippen molar-refractivity contribution in [3.05, 3.63) is 82.1 Å². The number of rotatable bonds is 5. The van der Waals surface area contributed by atoms with Crippen LogP contribution in [-0.4, -0.2) is 28.8 Å². The quantitative estimate of drug-likeness (QED) is 0.265. The summed E-state index contributed by atoms with van der Waals surface area (Å²) in [5.74, 6) is -0.840. The fraction of sp³-hybridized carbons (Fsp3) is 0.259. The van der Waals surface area contributed by atoms with Gasteiger partial charge in [0.15, 0.2) is 0 Å². The number of aromatic hydroxyl groups is 2. The van der Waals surface area contributed by atoms with Crippen molar-refractivity contribution in [3.63, 3.8) is 0 Å². The van der Waals surface area contributed by atoms with Gasteiger partial charge in [-0.05, 0) is 60.4 Å². The van der Waals surface area contributed by atoms with Crippen LogP contribution in [0, 0.1) is 6.92 Å². The molecular formula is C27H28ClN3O4S. The molecule has 1 atom stereocenters. The van der Waals surface area contributed by atoms with Gasteiger partial charge in [-0.3, -0.25) is 4.72 Å². The van der Waals surface area contributed by atoms with E-state index in [1.54, 1.807) is 36.4 Å². The summed E-state index contributed by atoms with van der Waals surface area (Å²) in [5.41, 5.74) is 2.65. The zero-order valence-corrected chi connectivity index (χ0v) is 22.2. The topological polar surface area (TPSA) is 112 Å². The smallest absolute Gasteiger partial charge is 0.261 e. The normalized spacial score (nSPS) is 13.1. The lowest BCUT2D eigenvalue weighted by molar-refractivity contribution is 0.461. The van der Waals surface area contributed by atoms with Crippen LogP contribution in [0.25, 0.3) is 10.8 Å². The lowest BCUT2D eigenvalue weighted by atomic mass is 9.87. The standard InChI is InChI=1S/C27H28ClN3O4S/c1-15-6-12-21(30-29-15)16(2)19-14-23(32)24-20(28)11-13-22(25(24)26(19)33)31-36(34,35)18-9-7-17(8-10-18)27(3,4)5/h6-14,16,31-33H,1-5H3. The van der Waals surface area contributed by atoms with Crippen LogP contribution in [0.5, 0.6) is 11.5 Å². The van der Waals surface area contributed by atoms with Gasteiger partial charge in [-0.1, -0.05) is 51.4 Å². The van der Waals surface area contributed by atoms with E-state index in [4.69, 9.17) is 11.6 Å². The summed E-state index contributed by atoms with van der Waals surface area (Å²) >= 11 is 6.35. The van der Waals surface area contributed by atoms with Crippen LogP contribution in [0.4, 0.5) is 5.69 Å². The van der Waals surface area contributed by atoms with Crippen LogP contribution in [0.15, 0.2) is 59.5 Å². The number of hydrogen-bond donors (Lipinski definition) is 3. The minimum atomic E-state index is -4.01. The number of benzene rings is 3. The molecule has 36 heavy (non-hydrogen) atoms. The Morgan fingerprint density at radius 2 is 1.61 bits per heavy atom. The Bertz CT molecular complexity index is 1550. The molecule has 1 aromatic heterocycles. The van der Waals surface area contributed by atoms with Crippen molar-refractivity contribution in [2.45, 2.75) is 50.8 Å². The highest BCUT2D eigenvalue weighted by atomic mass is 35.5. The third-order valence-electron chi connectivity index (χ3n) is 6.22. The van der Waals surface area contributed by atoms with E-state index in [-0.39, 0.29) is 43.3 Å². The largest absolute Gasteiger partial charge is 0.507 e. The van der Waals surface area contributed by atoms with E-state index in [0.717, 1.165) is 11.3 Å². The monoisotopic (exact) mass is 525 g/mol. The number of aryl methyl sites for hydroxylation is 1. The predicted octanol–water partition coefficient (Wildman–Crippen LogP) is 6.25. The molecule has 0 radical (unpaired) electrons. The van der Waals surface area contributed by atoms with Crippen molar-refractivity contribution >= 4 is 38.1 Å². The van der Waals surface area contributed by atoms with Crippen LogP contribution in [-0.2, 0) is 15.4 Å². The van der Waals surface area contributed by atoms with E-state index in [1.165, 1.54) is 18.2 Å². The van der Waals surface area contributed by atoms with Gasteiger partial charge in [-0.15, -0.1) is 0 Å². The lowest BCUT2D eigenvalue weighted by Crippen LogP contribution is -2.15. The molecule has 0 saturated heterocycles. The van der Waals surface area contributed by atoms with Crippen LogP contribution >= 0.6 is 11.6 Å². The predicted molar refractivity (Wildman–Crippen MR) is 143 cm³/mol. The van der Waals surface area contributed by atoms with Crippen molar-refractivity contribution in [1.29, 1.82) is 0 Å². The Kier molecular flexibility index (Phi) is 6.62. The van der Waals surface area contributed by atoms with Crippen LogP contribution < -0.4 is 4.72 Å². The molecule has 4 aromatic rings. The van der Waals surface area contributed by atoms with Gasteiger partial charge in [-0.25, -0.2) is 8.42 Å². The molecule has 3 N–H and O–H groups in total. The molecule has 0 saturated carbocycles. The number of anilines is 1. The number of aromatic nitrogens is 2. The Balaban J connectivity index is 1.83. The summed E-state index contributed by atoms with van der Waals surface area (Å²) in [5, 5.41) is 30.8. The van der Waals surface area contributed by atoms with Crippen LogP contribution in [0.3, 0.4) is 0 Å². The maximum atomic E-state index is 13.3. The maximum absolute atomic E-state index is 13.3. The molecule has 3 aromatic carbocycles. The number of nitrogens with zero attached hydrogens (tertiary/aromatic N) is 2. The van der Waals surface area contributed by atoms with Crippen molar-refractivity contribution in [3.8, 4) is 11.5 Å². The van der Waals surface area contributed by atoms with Crippen molar-refractivity contribution in [1.82, 2.24) is 10.2 Å². The van der Waals surface area contributed by atoms with Crippen LogP contribution in [0.2, 0.25) is 5.02 Å². The number of fused-ring (bicyclic) bond motifs is 1. The number of nitrogens with one attached hydrogen (secondary N) is 1. The van der Waals surface area contributed by atoms with Gasteiger partial charge in [-0.2, -0.15) is 10.2 Å². The summed E-state index contributed by atoms with van der Waals surface area (Å²) in [4.78, 5) is 0.0711. The first-order chi connectivity index (χ1) is 16.8. The molecule has 0 amide bonds. The minimum Gasteiger partial charge on any atom is -0.507 e. The highest BCUT2D eigenvalue weighted by Gasteiger charge is 2.25. The van der Waals surface area contributed by atoms with Crippen molar-refractivity contribution < 1.29 is 18.6 Å². The summed E-state index contributed by atoms with van der Waals surface area (Å²) in [6, 6.07) is 14.6. The van der Waals surface area contributed by atoms with E-state index in [1.807, 2.05) is 34.6 Å². The molecule has 0 aliphatic heterocycles. The van der Waals surface area contributed by atoms with E-state index in [2.05, 4.69) is 14.9 Å². The summed E-state index contributed by atoms with van der Waals surface area (Å²) in [6.45, 7) is 9.77. The van der Waals surface area contributed by atoms with E-state index in [9.17, 15) is 18.6 Å². The van der Waals surface area contributed by atoms with E-state index >= 15 is 0 Å². The Hall–Kier alpha value is -3.36. The molecule has 9 heteroatoms. The fourth-order valence-electron chi connectivity index (χ4n) is 4.06. The molecule has 0 spiro atoms. The van der Waals surface area contributed by atoms with E-state index in [0.29, 0.717) is 11.3 Å². The van der Waals surface area contributed by atoms with Crippen molar-refractivity contribution in [2.24, 2.45) is 0 Å². The molecule has 0 aliphatic carbocycles. The van der Waals surface area contributed by atoms with Gasteiger partial charge in [0.05, 0.1) is 32.4 Å². The van der Waals surface area contributed by atoms with Gasteiger partial charge in [0.1, 0.15) is 11.5 Å². The number of phenolic OH excluding ortho intramolecular Hbond substituents is 2. The van der Waals surface area contributed by atoms with Gasteiger partial charge < -0.3 is 10.2 Å². The second-order valence-electron chi connectivity index (χ2n) is 9.88. The lowest BCUT2D eigenvalue weighted by Gasteiger charge is -2.20. The molecular weight excluding hydrogens is 498 g/mol. The second-order valence-corrected chi connectivity index (χ2v) is 12.0. The SMILES string of the molecule is Cc1ccc(C(C)c2cc(O)c3c(Cl)ccc(NS(=O)(=O)c4ccc(C(C)(C)C)cc4)c3c2O)nn1. The molecule has 1 unspecified atom stereocenters. The zero-order valence-electron chi connectivity index (χ0n) is 20.7. The summed E-state index contributed by atoms with van der Waals surface area (Å²) in [7, 11) is -4.01. The average molecular weight is 526 g/mol. The first-order valence-corrected chi connectivity index (χ1v) is 13.3. The molecule has 0 aliphatic rings. The second kappa shape index (κ2) is 9.26. The third-order valence-corrected chi connectivity index (χ3v) is 7.91. The Morgan fingerprint density at radius 1 is 0.944 bits per heavy atom. The zero-order chi connectivity index (χ0) is 26.4. The Morgan fingerprint density at radius 3 is 2.19 bits per heavy atom. The Labute approximate surface area is 215 Å². The molecule has 188 valence electrons. The molecule has 0 bridgehead atoms. The number of phenols is 2. The van der Waals surface area contributed by atoms with Crippen molar-refractivity contribution in [2.75, 3.05) is 4.72 Å².